The number of ether oxygens (including phenoxy) is 2. The topological polar surface area (TPSA) is 44.5 Å². The van der Waals surface area contributed by atoms with Gasteiger partial charge in [-0.15, -0.1) is 0 Å². The van der Waals surface area contributed by atoms with Crippen LogP contribution in [0.1, 0.15) is 50.6 Å². The molecule has 2 atom stereocenters. The predicted octanol–water partition coefficient (Wildman–Crippen LogP) is 3.19. The first kappa shape index (κ1) is 12.9. The van der Waals surface area contributed by atoms with Gasteiger partial charge in [0.25, 0.3) is 0 Å². The van der Waals surface area contributed by atoms with Gasteiger partial charge in [-0.25, -0.2) is 0 Å². The van der Waals surface area contributed by atoms with Crippen LogP contribution in [0.2, 0.25) is 0 Å². The summed E-state index contributed by atoms with van der Waals surface area (Å²) in [6.45, 7) is 2.83. The van der Waals surface area contributed by atoms with Gasteiger partial charge in [-0.3, -0.25) is 0 Å². The molecule has 0 amide bonds. The summed E-state index contributed by atoms with van der Waals surface area (Å²) in [5.74, 6) is 0.950. The highest BCUT2D eigenvalue weighted by Crippen LogP contribution is 2.43. The maximum Gasteiger partial charge on any atom is 0.119 e. The highest BCUT2D eigenvalue weighted by Gasteiger charge is 2.43. The van der Waals surface area contributed by atoms with E-state index in [4.69, 9.17) is 15.2 Å². The molecule has 0 aromatic heterocycles. The van der Waals surface area contributed by atoms with Crippen LogP contribution in [-0.2, 0) is 4.74 Å². The van der Waals surface area contributed by atoms with Crippen molar-refractivity contribution in [3.05, 3.63) is 29.8 Å². The molecule has 2 aliphatic rings. The SMILES string of the molecule is CC(N)c1ccc(OC2CCOC3(CCC3)C2)cc1. The fourth-order valence-corrected chi connectivity index (χ4v) is 3.05. The van der Waals surface area contributed by atoms with Crippen molar-refractivity contribution in [1.29, 1.82) is 0 Å². The van der Waals surface area contributed by atoms with E-state index in [0.29, 0.717) is 6.10 Å². The van der Waals surface area contributed by atoms with Crippen molar-refractivity contribution in [3.8, 4) is 5.75 Å². The minimum absolute atomic E-state index is 0.0791. The van der Waals surface area contributed by atoms with E-state index in [2.05, 4.69) is 12.1 Å². The van der Waals surface area contributed by atoms with Gasteiger partial charge in [-0.05, 0) is 43.9 Å². The Labute approximate surface area is 115 Å². The van der Waals surface area contributed by atoms with E-state index in [-0.39, 0.29) is 11.6 Å². The average Bonchev–Trinajstić information content (AvgIpc) is 2.38. The van der Waals surface area contributed by atoms with Gasteiger partial charge in [-0.2, -0.15) is 0 Å². The lowest BCUT2D eigenvalue weighted by molar-refractivity contribution is -0.153. The number of benzene rings is 1. The molecule has 1 saturated carbocycles. The molecule has 1 spiro atoms. The molecule has 1 aliphatic heterocycles. The Morgan fingerprint density at radius 2 is 2.05 bits per heavy atom. The lowest BCUT2D eigenvalue weighted by Gasteiger charge is -2.46. The van der Waals surface area contributed by atoms with Gasteiger partial charge in [0, 0.05) is 18.9 Å². The molecule has 0 radical (unpaired) electrons. The maximum atomic E-state index is 6.10. The maximum absolute atomic E-state index is 6.10. The molecule has 1 saturated heterocycles. The first-order valence-corrected chi connectivity index (χ1v) is 7.33. The molecule has 19 heavy (non-hydrogen) atoms. The monoisotopic (exact) mass is 261 g/mol. The Morgan fingerprint density at radius 1 is 1.32 bits per heavy atom. The predicted molar refractivity (Wildman–Crippen MR) is 75.2 cm³/mol. The van der Waals surface area contributed by atoms with Crippen LogP contribution < -0.4 is 10.5 Å². The van der Waals surface area contributed by atoms with Crippen molar-refractivity contribution >= 4 is 0 Å². The zero-order chi connectivity index (χ0) is 13.3. The van der Waals surface area contributed by atoms with E-state index in [1.54, 1.807) is 0 Å². The molecule has 3 heteroatoms. The summed E-state index contributed by atoms with van der Waals surface area (Å²) < 4.78 is 12.0. The minimum Gasteiger partial charge on any atom is -0.490 e. The standard InChI is InChI=1S/C16H23NO2/c1-12(17)13-3-5-14(6-4-13)19-15-7-10-18-16(11-15)8-2-9-16/h3-6,12,15H,2,7-11,17H2,1H3. The number of rotatable bonds is 3. The third-order valence-corrected chi connectivity index (χ3v) is 4.42. The van der Waals surface area contributed by atoms with Crippen LogP contribution in [0.15, 0.2) is 24.3 Å². The van der Waals surface area contributed by atoms with Crippen LogP contribution in [0.25, 0.3) is 0 Å². The van der Waals surface area contributed by atoms with E-state index in [1.165, 1.54) is 19.3 Å². The van der Waals surface area contributed by atoms with Crippen LogP contribution >= 0.6 is 0 Å². The first-order chi connectivity index (χ1) is 9.17. The van der Waals surface area contributed by atoms with Crippen LogP contribution in [0.4, 0.5) is 0 Å². The Balaban J connectivity index is 1.61. The zero-order valence-corrected chi connectivity index (χ0v) is 11.6. The molecular formula is C16H23NO2. The summed E-state index contributed by atoms with van der Waals surface area (Å²) in [7, 11) is 0. The van der Waals surface area contributed by atoms with Gasteiger partial charge >= 0.3 is 0 Å². The number of hydrogen-bond donors (Lipinski definition) is 1. The van der Waals surface area contributed by atoms with Gasteiger partial charge < -0.3 is 15.2 Å². The summed E-state index contributed by atoms with van der Waals surface area (Å²) in [5.41, 5.74) is 7.15. The first-order valence-electron chi connectivity index (χ1n) is 7.33. The highest BCUT2D eigenvalue weighted by molar-refractivity contribution is 5.29. The molecule has 3 rings (SSSR count). The second-order valence-electron chi connectivity index (χ2n) is 5.98. The van der Waals surface area contributed by atoms with Crippen molar-refractivity contribution in [2.45, 2.75) is 56.8 Å². The third kappa shape index (κ3) is 2.77. The minimum atomic E-state index is 0.0791. The van der Waals surface area contributed by atoms with E-state index >= 15 is 0 Å². The zero-order valence-electron chi connectivity index (χ0n) is 11.6. The lowest BCUT2D eigenvalue weighted by Crippen LogP contribution is -2.48. The van der Waals surface area contributed by atoms with Gasteiger partial charge in [0.05, 0.1) is 12.2 Å². The molecule has 1 aliphatic carbocycles. The Morgan fingerprint density at radius 3 is 2.63 bits per heavy atom. The summed E-state index contributed by atoms with van der Waals surface area (Å²) in [6, 6.07) is 8.25. The molecule has 2 unspecified atom stereocenters. The van der Waals surface area contributed by atoms with Crippen molar-refractivity contribution in [2.75, 3.05) is 6.61 Å². The van der Waals surface area contributed by atoms with Crippen LogP contribution in [0.3, 0.4) is 0 Å². The molecule has 1 heterocycles. The quantitative estimate of drug-likeness (QED) is 0.908. The fourth-order valence-electron chi connectivity index (χ4n) is 3.05. The Kier molecular flexibility index (Phi) is 3.50. The molecule has 104 valence electrons. The molecule has 2 N–H and O–H groups in total. The smallest absolute Gasteiger partial charge is 0.119 e. The van der Waals surface area contributed by atoms with Crippen LogP contribution in [-0.4, -0.2) is 18.3 Å². The van der Waals surface area contributed by atoms with Gasteiger partial charge in [0.1, 0.15) is 11.9 Å². The number of hydrogen-bond acceptors (Lipinski definition) is 3. The molecule has 1 aromatic rings. The largest absolute Gasteiger partial charge is 0.490 e. The second-order valence-corrected chi connectivity index (χ2v) is 5.98. The molecule has 3 nitrogen and oxygen atoms in total. The van der Waals surface area contributed by atoms with Crippen LogP contribution in [0, 0.1) is 0 Å². The normalized spacial score (nSPS) is 26.7. The van der Waals surface area contributed by atoms with Crippen LogP contribution in [0.5, 0.6) is 5.75 Å². The Hall–Kier alpha value is -1.06. The van der Waals surface area contributed by atoms with Gasteiger partial charge in [0.15, 0.2) is 0 Å². The molecule has 2 fully saturated rings. The van der Waals surface area contributed by atoms with Crippen molar-refractivity contribution in [3.63, 3.8) is 0 Å². The third-order valence-electron chi connectivity index (χ3n) is 4.42. The lowest BCUT2D eigenvalue weighted by atomic mass is 9.74. The molecule has 0 bridgehead atoms. The fraction of sp³-hybridized carbons (Fsp3) is 0.625. The molecular weight excluding hydrogens is 238 g/mol. The average molecular weight is 261 g/mol. The van der Waals surface area contributed by atoms with Crippen molar-refractivity contribution < 1.29 is 9.47 Å². The summed E-state index contributed by atoms with van der Waals surface area (Å²) in [6.07, 6.45) is 6.05. The van der Waals surface area contributed by atoms with E-state index in [0.717, 1.165) is 30.8 Å². The van der Waals surface area contributed by atoms with E-state index < -0.39 is 0 Å². The Bertz CT molecular complexity index is 423. The second kappa shape index (κ2) is 5.14. The van der Waals surface area contributed by atoms with Gasteiger partial charge in [0.2, 0.25) is 0 Å². The van der Waals surface area contributed by atoms with Gasteiger partial charge in [-0.1, -0.05) is 12.1 Å². The van der Waals surface area contributed by atoms with Crippen molar-refractivity contribution in [1.82, 2.24) is 0 Å². The molecule has 1 aromatic carbocycles. The summed E-state index contributed by atoms with van der Waals surface area (Å²) >= 11 is 0. The summed E-state index contributed by atoms with van der Waals surface area (Å²) in [4.78, 5) is 0. The van der Waals surface area contributed by atoms with Crippen molar-refractivity contribution in [2.24, 2.45) is 5.73 Å². The van der Waals surface area contributed by atoms with E-state index in [9.17, 15) is 0 Å². The highest BCUT2D eigenvalue weighted by atomic mass is 16.5. The summed E-state index contributed by atoms with van der Waals surface area (Å²) in [5, 5.41) is 0. The number of nitrogens with two attached hydrogens (primary N) is 1. The van der Waals surface area contributed by atoms with E-state index in [1.807, 2.05) is 19.1 Å².